The van der Waals surface area contributed by atoms with Crippen molar-refractivity contribution in [3.05, 3.63) is 65.7 Å². The summed E-state index contributed by atoms with van der Waals surface area (Å²) >= 11 is 0. The van der Waals surface area contributed by atoms with Crippen molar-refractivity contribution < 1.29 is 18.0 Å². The van der Waals surface area contributed by atoms with Crippen LogP contribution in [-0.4, -0.2) is 44.8 Å². The maximum atomic E-state index is 13.0. The number of carbonyl (C=O) groups is 2. The normalized spacial score (nSPS) is 16.7. The summed E-state index contributed by atoms with van der Waals surface area (Å²) in [6.45, 7) is 3.69. The van der Waals surface area contributed by atoms with E-state index in [0.29, 0.717) is 25.2 Å². The molecule has 8 heteroatoms. The van der Waals surface area contributed by atoms with E-state index in [9.17, 15) is 18.0 Å². The zero-order chi connectivity index (χ0) is 22.3. The highest BCUT2D eigenvalue weighted by molar-refractivity contribution is 7.89. The molecule has 1 heterocycles. The van der Waals surface area contributed by atoms with E-state index in [2.05, 4.69) is 10.0 Å². The molecule has 0 radical (unpaired) electrons. The third-order valence-electron chi connectivity index (χ3n) is 5.33. The first-order valence-corrected chi connectivity index (χ1v) is 12.1. The van der Waals surface area contributed by atoms with E-state index >= 15 is 0 Å². The lowest BCUT2D eigenvalue weighted by Crippen LogP contribution is -2.45. The van der Waals surface area contributed by atoms with Crippen molar-refractivity contribution in [3.63, 3.8) is 0 Å². The number of carbonyl (C=O) groups excluding carboxylic acids is 2. The number of sulfonamides is 1. The van der Waals surface area contributed by atoms with Gasteiger partial charge in [0.05, 0.1) is 10.8 Å². The van der Waals surface area contributed by atoms with Gasteiger partial charge in [0, 0.05) is 31.7 Å². The van der Waals surface area contributed by atoms with Gasteiger partial charge in [0.2, 0.25) is 15.9 Å². The molecule has 1 atom stereocenters. The smallest absolute Gasteiger partial charge is 0.253 e. The lowest BCUT2D eigenvalue weighted by Gasteiger charge is -2.32. The standard InChI is InChI=1S/C23H29N3O4S/c1-2-13-24-22(27)20-11-7-14-26(17-20)23(28)19-10-6-12-21(15-19)31(29,30)25-16-18-8-4-3-5-9-18/h3-6,8-10,12,15,20,25H,2,7,11,13-14,16-17H2,1H3,(H,24,27). The Kier molecular flexibility index (Phi) is 7.81. The molecule has 0 bridgehead atoms. The molecular weight excluding hydrogens is 414 g/mol. The number of nitrogens with one attached hydrogen (secondary N) is 2. The Hall–Kier alpha value is -2.71. The summed E-state index contributed by atoms with van der Waals surface area (Å²) in [5.41, 5.74) is 1.15. The highest BCUT2D eigenvalue weighted by atomic mass is 32.2. The average molecular weight is 444 g/mol. The second-order valence-electron chi connectivity index (χ2n) is 7.72. The monoisotopic (exact) mass is 443 g/mol. The fourth-order valence-corrected chi connectivity index (χ4v) is 4.67. The third-order valence-corrected chi connectivity index (χ3v) is 6.73. The number of piperidine rings is 1. The van der Waals surface area contributed by atoms with Gasteiger partial charge >= 0.3 is 0 Å². The summed E-state index contributed by atoms with van der Waals surface area (Å²) in [5, 5.41) is 2.89. The maximum Gasteiger partial charge on any atom is 0.253 e. The molecular formula is C23H29N3O4S. The second kappa shape index (κ2) is 10.5. The molecule has 1 unspecified atom stereocenters. The fraction of sp³-hybridized carbons (Fsp3) is 0.391. The van der Waals surface area contributed by atoms with E-state index in [4.69, 9.17) is 0 Å². The lowest BCUT2D eigenvalue weighted by molar-refractivity contribution is -0.126. The molecule has 0 aliphatic carbocycles. The molecule has 1 saturated heterocycles. The zero-order valence-corrected chi connectivity index (χ0v) is 18.5. The minimum atomic E-state index is -3.76. The molecule has 3 rings (SSSR count). The van der Waals surface area contributed by atoms with Crippen molar-refractivity contribution in [1.82, 2.24) is 14.9 Å². The summed E-state index contributed by atoms with van der Waals surface area (Å²) in [6.07, 6.45) is 2.35. The molecule has 1 fully saturated rings. The Labute approximate surface area is 183 Å². The van der Waals surface area contributed by atoms with Gasteiger partial charge in [-0.3, -0.25) is 9.59 Å². The fourth-order valence-electron chi connectivity index (χ4n) is 3.60. The molecule has 2 amide bonds. The molecule has 2 N–H and O–H groups in total. The van der Waals surface area contributed by atoms with Gasteiger partial charge in [-0.25, -0.2) is 13.1 Å². The second-order valence-corrected chi connectivity index (χ2v) is 9.49. The first-order chi connectivity index (χ1) is 14.9. The van der Waals surface area contributed by atoms with Crippen LogP contribution in [-0.2, 0) is 21.4 Å². The molecule has 166 valence electrons. The minimum Gasteiger partial charge on any atom is -0.356 e. The van der Waals surface area contributed by atoms with Crippen LogP contribution in [0.25, 0.3) is 0 Å². The lowest BCUT2D eigenvalue weighted by atomic mass is 9.96. The summed E-state index contributed by atoms with van der Waals surface area (Å²) < 4.78 is 28.0. The van der Waals surface area contributed by atoms with Gasteiger partial charge in [-0.1, -0.05) is 43.3 Å². The van der Waals surface area contributed by atoms with Crippen LogP contribution in [0.15, 0.2) is 59.5 Å². The largest absolute Gasteiger partial charge is 0.356 e. The van der Waals surface area contributed by atoms with Gasteiger partial charge < -0.3 is 10.2 Å². The number of hydrogen-bond acceptors (Lipinski definition) is 4. The Morgan fingerprint density at radius 1 is 1.10 bits per heavy atom. The zero-order valence-electron chi connectivity index (χ0n) is 17.7. The number of amides is 2. The highest BCUT2D eigenvalue weighted by Gasteiger charge is 2.29. The van der Waals surface area contributed by atoms with Crippen LogP contribution in [0.3, 0.4) is 0 Å². The van der Waals surface area contributed by atoms with Crippen LogP contribution in [0, 0.1) is 5.92 Å². The average Bonchev–Trinajstić information content (AvgIpc) is 2.81. The molecule has 7 nitrogen and oxygen atoms in total. The quantitative estimate of drug-likeness (QED) is 0.655. The number of rotatable bonds is 8. The minimum absolute atomic E-state index is 0.0270. The Balaban J connectivity index is 1.68. The molecule has 0 spiro atoms. The van der Waals surface area contributed by atoms with E-state index < -0.39 is 10.0 Å². The topological polar surface area (TPSA) is 95.6 Å². The van der Waals surface area contributed by atoms with Crippen LogP contribution in [0.1, 0.15) is 42.1 Å². The number of hydrogen-bond donors (Lipinski definition) is 2. The van der Waals surface area contributed by atoms with Crippen molar-refractivity contribution in [3.8, 4) is 0 Å². The van der Waals surface area contributed by atoms with Gasteiger partial charge in [-0.15, -0.1) is 0 Å². The number of benzene rings is 2. The molecule has 2 aromatic rings. The molecule has 2 aromatic carbocycles. The van der Waals surface area contributed by atoms with Crippen molar-refractivity contribution in [2.45, 2.75) is 37.6 Å². The molecule has 0 aromatic heterocycles. The van der Waals surface area contributed by atoms with Gasteiger partial charge in [0.15, 0.2) is 0 Å². The molecule has 1 aliphatic heterocycles. The highest BCUT2D eigenvalue weighted by Crippen LogP contribution is 2.20. The SMILES string of the molecule is CCCNC(=O)C1CCCN(C(=O)c2cccc(S(=O)(=O)NCc3ccccc3)c2)C1. The number of nitrogens with zero attached hydrogens (tertiary/aromatic N) is 1. The van der Waals surface area contributed by atoms with Crippen LogP contribution >= 0.6 is 0 Å². The molecule has 31 heavy (non-hydrogen) atoms. The first-order valence-electron chi connectivity index (χ1n) is 10.6. The van der Waals surface area contributed by atoms with Crippen LogP contribution in [0.2, 0.25) is 0 Å². The van der Waals surface area contributed by atoms with E-state index in [-0.39, 0.29) is 29.2 Å². The maximum absolute atomic E-state index is 13.0. The summed E-state index contributed by atoms with van der Waals surface area (Å²) in [5.74, 6) is -0.516. The van der Waals surface area contributed by atoms with Crippen LogP contribution in [0.4, 0.5) is 0 Å². The van der Waals surface area contributed by atoms with Crippen molar-refractivity contribution in [1.29, 1.82) is 0 Å². The Morgan fingerprint density at radius 2 is 1.87 bits per heavy atom. The van der Waals surface area contributed by atoms with Crippen molar-refractivity contribution in [2.75, 3.05) is 19.6 Å². The number of likely N-dealkylation sites (tertiary alicyclic amines) is 1. The molecule has 0 saturated carbocycles. The van der Waals surface area contributed by atoms with Gasteiger partial charge in [-0.05, 0) is 43.0 Å². The van der Waals surface area contributed by atoms with E-state index in [0.717, 1.165) is 24.8 Å². The molecule has 1 aliphatic rings. The van der Waals surface area contributed by atoms with Crippen molar-refractivity contribution in [2.24, 2.45) is 5.92 Å². The van der Waals surface area contributed by atoms with E-state index in [1.165, 1.54) is 12.1 Å². The summed E-state index contributed by atoms with van der Waals surface area (Å²) in [7, 11) is -3.76. The van der Waals surface area contributed by atoms with E-state index in [1.807, 2.05) is 37.3 Å². The van der Waals surface area contributed by atoms with Gasteiger partial charge in [0.25, 0.3) is 5.91 Å². The Morgan fingerprint density at radius 3 is 2.61 bits per heavy atom. The van der Waals surface area contributed by atoms with Gasteiger partial charge in [0.1, 0.15) is 0 Å². The predicted octanol–water partition coefficient (Wildman–Crippen LogP) is 2.54. The van der Waals surface area contributed by atoms with Crippen molar-refractivity contribution >= 4 is 21.8 Å². The Bertz CT molecular complexity index is 1010. The first kappa shape index (κ1) is 23.0. The van der Waals surface area contributed by atoms with Crippen LogP contribution < -0.4 is 10.0 Å². The van der Waals surface area contributed by atoms with Crippen LogP contribution in [0.5, 0.6) is 0 Å². The third kappa shape index (κ3) is 6.15. The summed E-state index contributed by atoms with van der Waals surface area (Å²) in [6, 6.07) is 15.3. The predicted molar refractivity (Wildman–Crippen MR) is 119 cm³/mol. The van der Waals surface area contributed by atoms with Gasteiger partial charge in [-0.2, -0.15) is 0 Å². The van der Waals surface area contributed by atoms with E-state index in [1.54, 1.807) is 17.0 Å². The summed E-state index contributed by atoms with van der Waals surface area (Å²) in [4.78, 5) is 27.0.